The first-order chi connectivity index (χ1) is 8.31. The Balaban J connectivity index is 2.15. The average Bonchev–Trinajstić information content (AvgIpc) is 2.38. The highest BCUT2D eigenvalue weighted by Crippen LogP contribution is 2.15. The third kappa shape index (κ3) is 2.82. The molecule has 0 radical (unpaired) electrons. The molecule has 0 aliphatic carbocycles. The molecule has 0 aliphatic rings. The van der Waals surface area contributed by atoms with Gasteiger partial charge in [0.1, 0.15) is 0 Å². The lowest BCUT2D eigenvalue weighted by atomic mass is 10.1. The van der Waals surface area contributed by atoms with Crippen LogP contribution in [0.15, 0.2) is 42.5 Å². The molecule has 2 rings (SSSR count). The predicted molar refractivity (Wildman–Crippen MR) is 68.2 cm³/mol. The Hall–Kier alpha value is -1.87. The van der Waals surface area contributed by atoms with Crippen molar-refractivity contribution in [3.63, 3.8) is 0 Å². The van der Waals surface area contributed by atoms with E-state index >= 15 is 0 Å². The maximum atomic E-state index is 11.8. The number of fused-ring (bicyclic) bond motifs is 1. The first-order valence-corrected chi connectivity index (χ1v) is 5.57. The first kappa shape index (κ1) is 11.6. The van der Waals surface area contributed by atoms with Gasteiger partial charge in [0.05, 0.1) is 6.61 Å². The lowest BCUT2D eigenvalue weighted by Crippen LogP contribution is -2.26. The molecule has 2 aromatic rings. The summed E-state index contributed by atoms with van der Waals surface area (Å²) in [4.78, 5) is 11.8. The fourth-order valence-corrected chi connectivity index (χ4v) is 1.70. The summed E-state index contributed by atoms with van der Waals surface area (Å²) in [6.45, 7) is 1.06. The standard InChI is InChI=1S/C14H15NO2/c1-17-9-8-15-14(16)13-7-6-11-4-2-3-5-12(11)10-13/h2-7,10H,8-9H2,1H3,(H,15,16). The van der Waals surface area contributed by atoms with Gasteiger partial charge in [-0.2, -0.15) is 0 Å². The van der Waals surface area contributed by atoms with Gasteiger partial charge in [0, 0.05) is 19.2 Å². The number of methoxy groups -OCH3 is 1. The molecule has 0 saturated carbocycles. The molecule has 0 spiro atoms. The molecular weight excluding hydrogens is 214 g/mol. The normalized spacial score (nSPS) is 10.4. The summed E-state index contributed by atoms with van der Waals surface area (Å²) < 4.78 is 4.88. The zero-order valence-corrected chi connectivity index (χ0v) is 9.77. The highest BCUT2D eigenvalue weighted by molar-refractivity contribution is 5.98. The molecule has 0 aliphatic heterocycles. The van der Waals surface area contributed by atoms with Gasteiger partial charge in [-0.15, -0.1) is 0 Å². The summed E-state index contributed by atoms with van der Waals surface area (Å²) in [6, 6.07) is 13.7. The van der Waals surface area contributed by atoms with Crippen LogP contribution in [-0.2, 0) is 4.74 Å². The Kier molecular flexibility index (Phi) is 3.73. The molecule has 1 amide bonds. The molecule has 88 valence electrons. The second-order valence-corrected chi connectivity index (χ2v) is 3.81. The molecule has 17 heavy (non-hydrogen) atoms. The minimum absolute atomic E-state index is 0.0622. The Morgan fingerprint density at radius 1 is 1.18 bits per heavy atom. The number of amides is 1. The van der Waals surface area contributed by atoms with Gasteiger partial charge in [-0.05, 0) is 22.9 Å². The van der Waals surface area contributed by atoms with Gasteiger partial charge in [-0.3, -0.25) is 4.79 Å². The van der Waals surface area contributed by atoms with Crippen molar-refractivity contribution in [2.24, 2.45) is 0 Å². The van der Waals surface area contributed by atoms with Crippen LogP contribution in [0.5, 0.6) is 0 Å². The topological polar surface area (TPSA) is 38.3 Å². The molecular formula is C14H15NO2. The van der Waals surface area contributed by atoms with Crippen LogP contribution in [0.4, 0.5) is 0 Å². The largest absolute Gasteiger partial charge is 0.383 e. The van der Waals surface area contributed by atoms with Gasteiger partial charge in [-0.1, -0.05) is 30.3 Å². The van der Waals surface area contributed by atoms with E-state index in [2.05, 4.69) is 5.32 Å². The number of hydrogen-bond acceptors (Lipinski definition) is 2. The minimum Gasteiger partial charge on any atom is -0.383 e. The van der Waals surface area contributed by atoms with E-state index in [1.807, 2.05) is 42.5 Å². The van der Waals surface area contributed by atoms with Gasteiger partial charge in [0.25, 0.3) is 5.91 Å². The van der Waals surface area contributed by atoms with Gasteiger partial charge in [-0.25, -0.2) is 0 Å². The molecule has 0 unspecified atom stereocenters. The highest BCUT2D eigenvalue weighted by atomic mass is 16.5. The van der Waals surface area contributed by atoms with E-state index in [4.69, 9.17) is 4.74 Å². The van der Waals surface area contributed by atoms with E-state index in [1.54, 1.807) is 7.11 Å². The second-order valence-electron chi connectivity index (χ2n) is 3.81. The molecule has 0 fully saturated rings. The molecule has 0 saturated heterocycles. The van der Waals surface area contributed by atoms with Gasteiger partial charge in [0.2, 0.25) is 0 Å². The summed E-state index contributed by atoms with van der Waals surface area (Å²) in [5.74, 6) is -0.0622. The van der Waals surface area contributed by atoms with Gasteiger partial charge < -0.3 is 10.1 Å². The lowest BCUT2D eigenvalue weighted by Gasteiger charge is -2.05. The zero-order valence-electron chi connectivity index (χ0n) is 9.77. The van der Waals surface area contributed by atoms with Crippen LogP contribution in [0, 0.1) is 0 Å². The van der Waals surface area contributed by atoms with Gasteiger partial charge >= 0.3 is 0 Å². The number of rotatable bonds is 4. The molecule has 3 nitrogen and oxygen atoms in total. The van der Waals surface area contributed by atoms with E-state index in [-0.39, 0.29) is 5.91 Å². The first-order valence-electron chi connectivity index (χ1n) is 5.57. The van der Waals surface area contributed by atoms with E-state index in [0.29, 0.717) is 18.7 Å². The average molecular weight is 229 g/mol. The van der Waals surface area contributed by atoms with Gasteiger partial charge in [0.15, 0.2) is 0 Å². The van der Waals surface area contributed by atoms with Crippen LogP contribution in [0.2, 0.25) is 0 Å². The van der Waals surface area contributed by atoms with Crippen LogP contribution in [0.1, 0.15) is 10.4 Å². The third-order valence-electron chi connectivity index (χ3n) is 2.60. The second kappa shape index (κ2) is 5.46. The van der Waals surface area contributed by atoms with E-state index in [1.165, 1.54) is 0 Å². The van der Waals surface area contributed by atoms with E-state index in [0.717, 1.165) is 10.8 Å². The smallest absolute Gasteiger partial charge is 0.251 e. The molecule has 1 N–H and O–H groups in total. The maximum absolute atomic E-state index is 11.8. The van der Waals surface area contributed by atoms with Crippen molar-refractivity contribution in [2.75, 3.05) is 20.3 Å². The number of carbonyl (C=O) groups is 1. The van der Waals surface area contributed by atoms with Crippen molar-refractivity contribution in [3.8, 4) is 0 Å². The van der Waals surface area contributed by atoms with Crippen molar-refractivity contribution in [1.82, 2.24) is 5.32 Å². The molecule has 0 atom stereocenters. The summed E-state index contributed by atoms with van der Waals surface area (Å²) in [5.41, 5.74) is 0.680. The summed E-state index contributed by atoms with van der Waals surface area (Å²) in [5, 5.41) is 5.02. The van der Waals surface area contributed by atoms with Crippen LogP contribution >= 0.6 is 0 Å². The predicted octanol–water partition coefficient (Wildman–Crippen LogP) is 2.22. The Labute approximate surface area is 100 Å². The Bertz CT molecular complexity index is 522. The van der Waals surface area contributed by atoms with Crippen LogP contribution in [0.25, 0.3) is 10.8 Å². The number of carbonyl (C=O) groups excluding carboxylic acids is 1. The third-order valence-corrected chi connectivity index (χ3v) is 2.60. The van der Waals surface area contributed by atoms with Crippen LogP contribution in [0.3, 0.4) is 0 Å². The monoisotopic (exact) mass is 229 g/mol. The number of benzene rings is 2. The van der Waals surface area contributed by atoms with Crippen molar-refractivity contribution < 1.29 is 9.53 Å². The van der Waals surface area contributed by atoms with E-state index < -0.39 is 0 Å². The summed E-state index contributed by atoms with van der Waals surface area (Å²) in [7, 11) is 1.61. The number of nitrogens with one attached hydrogen (secondary N) is 1. The fourth-order valence-electron chi connectivity index (χ4n) is 1.70. The molecule has 0 bridgehead atoms. The summed E-state index contributed by atoms with van der Waals surface area (Å²) in [6.07, 6.45) is 0. The quantitative estimate of drug-likeness (QED) is 0.816. The van der Waals surface area contributed by atoms with Crippen molar-refractivity contribution in [1.29, 1.82) is 0 Å². The molecule has 3 heteroatoms. The fraction of sp³-hybridized carbons (Fsp3) is 0.214. The number of hydrogen-bond donors (Lipinski definition) is 1. The lowest BCUT2D eigenvalue weighted by molar-refractivity contribution is 0.0937. The molecule has 0 heterocycles. The SMILES string of the molecule is COCCNC(=O)c1ccc2ccccc2c1. The molecule has 0 aromatic heterocycles. The Morgan fingerprint density at radius 3 is 2.71 bits per heavy atom. The Morgan fingerprint density at radius 2 is 1.94 bits per heavy atom. The minimum atomic E-state index is -0.0622. The number of ether oxygens (including phenoxy) is 1. The van der Waals surface area contributed by atoms with Crippen molar-refractivity contribution in [3.05, 3.63) is 48.0 Å². The van der Waals surface area contributed by atoms with Crippen molar-refractivity contribution in [2.45, 2.75) is 0 Å². The van der Waals surface area contributed by atoms with Crippen molar-refractivity contribution >= 4 is 16.7 Å². The van der Waals surface area contributed by atoms with E-state index in [9.17, 15) is 4.79 Å². The van der Waals surface area contributed by atoms with Crippen LogP contribution in [-0.4, -0.2) is 26.2 Å². The van der Waals surface area contributed by atoms with Crippen LogP contribution < -0.4 is 5.32 Å². The highest BCUT2D eigenvalue weighted by Gasteiger charge is 2.04. The summed E-state index contributed by atoms with van der Waals surface area (Å²) >= 11 is 0. The zero-order chi connectivity index (χ0) is 12.1. The maximum Gasteiger partial charge on any atom is 0.251 e. The molecule has 2 aromatic carbocycles.